The molecule has 2 N–H and O–H groups in total. The van der Waals surface area contributed by atoms with Gasteiger partial charge in [-0.05, 0) is 18.2 Å². The fraction of sp³-hybridized carbons (Fsp3) is 0.0909. The summed E-state index contributed by atoms with van der Waals surface area (Å²) in [5, 5.41) is 16.9. The molecule has 0 aliphatic carbocycles. The summed E-state index contributed by atoms with van der Waals surface area (Å²) < 4.78 is 37.5. The molecule has 2 aromatic rings. The van der Waals surface area contributed by atoms with Crippen molar-refractivity contribution in [1.82, 2.24) is 15.2 Å². The lowest BCUT2D eigenvalue weighted by Crippen LogP contribution is -2.15. The van der Waals surface area contributed by atoms with E-state index in [9.17, 15) is 18.0 Å². The number of nitrogens with one attached hydrogen (secondary N) is 2. The largest absolute Gasteiger partial charge is 0.416 e. The van der Waals surface area contributed by atoms with E-state index < -0.39 is 17.6 Å². The number of carbonyl (C=O) groups excluding carboxylic acids is 1. The number of halogens is 3. The first-order chi connectivity index (χ1) is 9.41. The van der Waals surface area contributed by atoms with Gasteiger partial charge in [-0.25, -0.2) is 4.98 Å². The van der Waals surface area contributed by atoms with Gasteiger partial charge in [-0.3, -0.25) is 9.89 Å². The molecule has 2 rings (SSSR count). The van der Waals surface area contributed by atoms with Gasteiger partial charge in [-0.2, -0.15) is 23.5 Å². The van der Waals surface area contributed by atoms with Crippen molar-refractivity contribution in [3.63, 3.8) is 0 Å². The second kappa shape index (κ2) is 5.00. The Morgan fingerprint density at radius 3 is 2.70 bits per heavy atom. The van der Waals surface area contributed by atoms with Gasteiger partial charge in [0.05, 0.1) is 16.8 Å². The Morgan fingerprint density at radius 1 is 1.40 bits per heavy atom. The molecule has 0 unspecified atom stereocenters. The third-order valence-electron chi connectivity index (χ3n) is 2.35. The number of alkyl halides is 3. The van der Waals surface area contributed by atoms with Crippen LogP contribution in [0.15, 0.2) is 24.5 Å². The summed E-state index contributed by atoms with van der Waals surface area (Å²) in [6.07, 6.45) is -3.45. The van der Waals surface area contributed by atoms with Crippen LogP contribution in [0, 0.1) is 11.3 Å². The first kappa shape index (κ1) is 13.5. The minimum absolute atomic E-state index is 0.0399. The van der Waals surface area contributed by atoms with E-state index in [1.54, 1.807) is 6.07 Å². The molecule has 102 valence electrons. The highest BCUT2D eigenvalue weighted by atomic mass is 19.4. The Kier molecular flexibility index (Phi) is 3.39. The molecule has 20 heavy (non-hydrogen) atoms. The molecule has 0 saturated carbocycles. The van der Waals surface area contributed by atoms with Crippen molar-refractivity contribution in [1.29, 1.82) is 5.26 Å². The first-order valence-electron chi connectivity index (χ1n) is 5.20. The van der Waals surface area contributed by atoms with Crippen molar-refractivity contribution >= 4 is 11.6 Å². The van der Waals surface area contributed by atoms with Crippen LogP contribution in [0.4, 0.5) is 18.9 Å². The standard InChI is InChI=1S/C11H6F3N5O/c12-11(13,14)7-1-2-8(6(3-7)4-15)18-10(20)9-16-5-17-19-9/h1-3,5H,(H,18,20)(H,16,17,19). The van der Waals surface area contributed by atoms with Crippen LogP contribution in [0.25, 0.3) is 0 Å². The molecule has 1 amide bonds. The molecule has 0 bridgehead atoms. The molecule has 0 radical (unpaired) electrons. The third-order valence-corrected chi connectivity index (χ3v) is 2.35. The molecular formula is C11H6F3N5O. The van der Waals surface area contributed by atoms with Gasteiger partial charge in [0.2, 0.25) is 5.82 Å². The zero-order chi connectivity index (χ0) is 14.8. The monoisotopic (exact) mass is 281 g/mol. The van der Waals surface area contributed by atoms with Crippen LogP contribution in [0.5, 0.6) is 0 Å². The van der Waals surface area contributed by atoms with Crippen LogP contribution in [0.1, 0.15) is 21.7 Å². The highest BCUT2D eigenvalue weighted by Crippen LogP contribution is 2.31. The number of anilines is 1. The Labute approximate surface area is 110 Å². The zero-order valence-corrected chi connectivity index (χ0v) is 9.69. The first-order valence-corrected chi connectivity index (χ1v) is 5.20. The van der Waals surface area contributed by atoms with Crippen LogP contribution in [-0.2, 0) is 6.18 Å². The van der Waals surface area contributed by atoms with Gasteiger partial charge in [0.25, 0.3) is 5.91 Å². The maximum atomic E-state index is 12.5. The predicted octanol–water partition coefficient (Wildman–Crippen LogP) is 1.95. The molecule has 1 aromatic heterocycles. The molecule has 0 aliphatic rings. The third kappa shape index (κ3) is 2.74. The summed E-state index contributed by atoms with van der Waals surface area (Å²) >= 11 is 0. The van der Waals surface area contributed by atoms with E-state index in [0.29, 0.717) is 6.07 Å². The fourth-order valence-corrected chi connectivity index (χ4v) is 1.42. The quantitative estimate of drug-likeness (QED) is 0.879. The van der Waals surface area contributed by atoms with Crippen LogP contribution in [0.3, 0.4) is 0 Å². The molecule has 0 spiro atoms. The summed E-state index contributed by atoms with van der Waals surface area (Å²) in [5.41, 5.74) is -1.30. The number of hydrogen-bond acceptors (Lipinski definition) is 4. The van der Waals surface area contributed by atoms with Gasteiger partial charge in [0.1, 0.15) is 12.4 Å². The second-order valence-corrected chi connectivity index (χ2v) is 3.66. The van der Waals surface area contributed by atoms with Crippen LogP contribution >= 0.6 is 0 Å². The lowest BCUT2D eigenvalue weighted by atomic mass is 10.1. The minimum Gasteiger partial charge on any atom is -0.318 e. The highest BCUT2D eigenvalue weighted by Gasteiger charge is 2.31. The number of amides is 1. The number of rotatable bonds is 2. The number of benzene rings is 1. The van der Waals surface area contributed by atoms with Gasteiger partial charge < -0.3 is 5.32 Å². The van der Waals surface area contributed by atoms with Crippen molar-refractivity contribution in [3.8, 4) is 6.07 Å². The van der Waals surface area contributed by atoms with Gasteiger partial charge in [0.15, 0.2) is 0 Å². The van der Waals surface area contributed by atoms with Crippen molar-refractivity contribution < 1.29 is 18.0 Å². The van der Waals surface area contributed by atoms with Crippen LogP contribution in [0.2, 0.25) is 0 Å². The van der Waals surface area contributed by atoms with E-state index in [-0.39, 0.29) is 17.1 Å². The normalized spacial score (nSPS) is 10.9. The van der Waals surface area contributed by atoms with Crippen molar-refractivity contribution in [3.05, 3.63) is 41.5 Å². The SMILES string of the molecule is N#Cc1cc(C(F)(F)F)ccc1NC(=O)c1ncn[nH]1. The molecule has 9 heteroatoms. The van der Waals surface area contributed by atoms with Gasteiger partial charge in [-0.1, -0.05) is 0 Å². The van der Waals surface area contributed by atoms with E-state index in [4.69, 9.17) is 5.26 Å². The zero-order valence-electron chi connectivity index (χ0n) is 9.69. The summed E-state index contributed by atoms with van der Waals surface area (Å²) in [7, 11) is 0. The lowest BCUT2D eigenvalue weighted by Gasteiger charge is -2.10. The molecule has 0 aliphatic heterocycles. The van der Waals surface area contributed by atoms with Gasteiger partial charge >= 0.3 is 6.18 Å². The Bertz CT molecular complexity index is 672. The fourth-order valence-electron chi connectivity index (χ4n) is 1.42. The molecule has 0 saturated heterocycles. The van der Waals surface area contributed by atoms with E-state index in [1.807, 2.05) is 0 Å². The van der Waals surface area contributed by atoms with E-state index in [1.165, 1.54) is 0 Å². The maximum Gasteiger partial charge on any atom is 0.416 e. The summed E-state index contributed by atoms with van der Waals surface area (Å²) in [4.78, 5) is 15.2. The number of nitriles is 1. The predicted molar refractivity (Wildman–Crippen MR) is 60.5 cm³/mol. The summed E-state index contributed by atoms with van der Waals surface area (Å²) in [6.45, 7) is 0. The van der Waals surface area contributed by atoms with E-state index in [2.05, 4.69) is 20.5 Å². The highest BCUT2D eigenvalue weighted by molar-refractivity contribution is 6.02. The number of aromatic nitrogens is 3. The Balaban J connectivity index is 2.29. The van der Waals surface area contributed by atoms with E-state index >= 15 is 0 Å². The number of aromatic amines is 1. The van der Waals surface area contributed by atoms with Crippen molar-refractivity contribution in [2.75, 3.05) is 5.32 Å². The van der Waals surface area contributed by atoms with Crippen LogP contribution in [-0.4, -0.2) is 21.1 Å². The molecule has 6 nitrogen and oxygen atoms in total. The maximum absolute atomic E-state index is 12.5. The van der Waals surface area contributed by atoms with Gasteiger partial charge in [-0.15, -0.1) is 0 Å². The van der Waals surface area contributed by atoms with E-state index in [0.717, 1.165) is 18.5 Å². The number of hydrogen-bond donors (Lipinski definition) is 2. The van der Waals surface area contributed by atoms with Crippen LogP contribution < -0.4 is 5.32 Å². The summed E-state index contributed by atoms with van der Waals surface area (Å²) in [5.74, 6) is -0.826. The minimum atomic E-state index is -4.56. The average molecular weight is 281 g/mol. The molecule has 1 aromatic carbocycles. The molecule has 1 heterocycles. The lowest BCUT2D eigenvalue weighted by molar-refractivity contribution is -0.137. The average Bonchev–Trinajstić information content (AvgIpc) is 2.91. The molecule has 0 fully saturated rings. The van der Waals surface area contributed by atoms with Crippen molar-refractivity contribution in [2.45, 2.75) is 6.18 Å². The topological polar surface area (TPSA) is 94.5 Å². The molecule has 0 atom stereocenters. The second-order valence-electron chi connectivity index (χ2n) is 3.66. The smallest absolute Gasteiger partial charge is 0.318 e. The van der Waals surface area contributed by atoms with Crippen molar-refractivity contribution in [2.24, 2.45) is 0 Å². The summed E-state index contributed by atoms with van der Waals surface area (Å²) in [6, 6.07) is 4.04. The Hall–Kier alpha value is -2.89. The Morgan fingerprint density at radius 2 is 2.15 bits per heavy atom. The number of nitrogens with zero attached hydrogens (tertiary/aromatic N) is 3. The van der Waals surface area contributed by atoms with Gasteiger partial charge in [0, 0.05) is 0 Å². The number of carbonyl (C=O) groups is 1. The molecular weight excluding hydrogens is 275 g/mol. The number of H-pyrrole nitrogens is 1.